The van der Waals surface area contributed by atoms with Crippen LogP contribution >= 0.6 is 0 Å². The largest absolute Gasteiger partial charge is 0.343 e. The highest BCUT2D eigenvalue weighted by atomic mass is 16.2. The maximum Gasteiger partial charge on any atom is 0.222 e. The third-order valence-electron chi connectivity index (χ3n) is 15.4. The number of likely N-dealkylation sites (N-methyl/N-ethyl adjacent to an activating group) is 1. The van der Waals surface area contributed by atoms with Crippen LogP contribution in [0.25, 0.3) is 0 Å². The van der Waals surface area contributed by atoms with Gasteiger partial charge in [-0.25, -0.2) is 0 Å². The Morgan fingerprint density at radius 3 is 0.657 bits per heavy atom. The molecule has 0 saturated carbocycles. The van der Waals surface area contributed by atoms with Crippen LogP contribution in [-0.2, 0) is 9.59 Å². The van der Waals surface area contributed by atoms with Crippen molar-refractivity contribution in [1.82, 2.24) is 19.6 Å². The molecule has 418 valence electrons. The average Bonchev–Trinajstić information content (AvgIpc) is 3.35. The number of carbonyl (C=O) groups excluding carboxylic acids is 2. The van der Waals surface area contributed by atoms with Crippen LogP contribution in [0, 0.1) is 0 Å². The van der Waals surface area contributed by atoms with Gasteiger partial charge in [-0.05, 0) is 78.6 Å². The Balaban J connectivity index is 4.39. The van der Waals surface area contributed by atoms with E-state index in [-0.39, 0.29) is 0 Å². The van der Waals surface area contributed by atoms with Crippen LogP contribution in [0.4, 0.5) is 0 Å². The van der Waals surface area contributed by atoms with Gasteiger partial charge in [0.05, 0.1) is 0 Å². The van der Waals surface area contributed by atoms with Gasteiger partial charge in [0.25, 0.3) is 0 Å². The fraction of sp³-hybridized carbons (Fsp3) is 0.969. The summed E-state index contributed by atoms with van der Waals surface area (Å²) < 4.78 is 0. The molecule has 0 saturated heterocycles. The highest BCUT2D eigenvalue weighted by molar-refractivity contribution is 5.76. The maximum absolute atomic E-state index is 13.4. The van der Waals surface area contributed by atoms with E-state index < -0.39 is 0 Å². The van der Waals surface area contributed by atoms with Gasteiger partial charge in [-0.3, -0.25) is 9.59 Å². The van der Waals surface area contributed by atoms with Gasteiger partial charge < -0.3 is 19.6 Å². The first-order valence-corrected chi connectivity index (χ1v) is 32.3. The minimum Gasteiger partial charge on any atom is -0.343 e. The molecule has 0 aromatic rings. The third kappa shape index (κ3) is 50.4. The number of unbranched alkanes of at least 4 members (excludes halogenated alkanes) is 40. The molecule has 0 aliphatic rings. The highest BCUT2D eigenvalue weighted by Gasteiger charge is 2.15. The van der Waals surface area contributed by atoms with Gasteiger partial charge in [0.1, 0.15) is 0 Å². The molecule has 0 atom stereocenters. The molecule has 6 heteroatoms. The predicted molar refractivity (Wildman–Crippen MR) is 312 cm³/mol. The first kappa shape index (κ1) is 68.9. The molecule has 70 heavy (non-hydrogen) atoms. The van der Waals surface area contributed by atoms with E-state index in [9.17, 15) is 9.59 Å². The molecule has 0 aromatic heterocycles. The Bertz CT molecular complexity index is 923. The topological polar surface area (TPSA) is 47.1 Å². The standard InChI is InChI=1S/C64H130N4O2/c1-7-11-15-19-23-33-41-49-57-67(58-50-42-34-24-20-16-12-8-2)63(69)53-45-37-29-27-31-39-47-55-66(62-61-65(5)6)56-48-40-32-28-30-38-46-54-64(70)68(59-51-43-35-25-21-17-13-9-3)60-52-44-36-26-22-18-14-10-4/h7-62H2,1-6H3. The van der Waals surface area contributed by atoms with E-state index in [1.54, 1.807) is 0 Å². The molecule has 0 bridgehead atoms. The second kappa shape index (κ2) is 57.1. The number of hydrogen-bond donors (Lipinski definition) is 0. The summed E-state index contributed by atoms with van der Waals surface area (Å²) >= 11 is 0. The molecule has 0 N–H and O–H groups in total. The Hall–Kier alpha value is -1.14. The van der Waals surface area contributed by atoms with Gasteiger partial charge in [-0.2, -0.15) is 0 Å². The lowest BCUT2D eigenvalue weighted by atomic mass is 10.1. The number of nitrogens with zero attached hydrogens (tertiary/aromatic N) is 4. The Labute approximate surface area is 441 Å². The molecular formula is C64H130N4O2. The van der Waals surface area contributed by atoms with E-state index in [1.165, 1.54) is 302 Å². The van der Waals surface area contributed by atoms with Crippen molar-refractivity contribution in [2.45, 2.75) is 336 Å². The quantitative estimate of drug-likeness (QED) is 0.0570. The molecule has 0 fully saturated rings. The van der Waals surface area contributed by atoms with Crippen molar-refractivity contribution in [3.8, 4) is 0 Å². The van der Waals surface area contributed by atoms with Gasteiger partial charge >= 0.3 is 0 Å². The maximum atomic E-state index is 13.4. The molecule has 2 amide bonds. The van der Waals surface area contributed by atoms with Crippen molar-refractivity contribution in [3.05, 3.63) is 0 Å². The lowest BCUT2D eigenvalue weighted by Gasteiger charge is -2.24. The summed E-state index contributed by atoms with van der Waals surface area (Å²) in [4.78, 5) is 36.4. The van der Waals surface area contributed by atoms with Crippen LogP contribution in [0.2, 0.25) is 0 Å². The van der Waals surface area contributed by atoms with Crippen LogP contribution in [0.1, 0.15) is 336 Å². The Morgan fingerprint density at radius 2 is 0.429 bits per heavy atom. The summed E-state index contributed by atoms with van der Waals surface area (Å²) in [6, 6.07) is 0. The molecule has 6 nitrogen and oxygen atoms in total. The van der Waals surface area contributed by atoms with E-state index >= 15 is 0 Å². The van der Waals surface area contributed by atoms with E-state index in [0.29, 0.717) is 11.8 Å². The lowest BCUT2D eigenvalue weighted by molar-refractivity contribution is -0.132. The summed E-state index contributed by atoms with van der Waals surface area (Å²) in [7, 11) is 4.41. The Morgan fingerprint density at radius 1 is 0.229 bits per heavy atom. The Kier molecular flexibility index (Phi) is 56.2. The highest BCUT2D eigenvalue weighted by Crippen LogP contribution is 2.17. The molecular weight excluding hydrogens is 857 g/mol. The van der Waals surface area contributed by atoms with Gasteiger partial charge in [0.2, 0.25) is 11.8 Å². The second-order valence-corrected chi connectivity index (χ2v) is 22.8. The fourth-order valence-corrected chi connectivity index (χ4v) is 10.5. The summed E-state index contributed by atoms with van der Waals surface area (Å²) in [5.41, 5.74) is 0. The lowest BCUT2D eigenvalue weighted by Crippen LogP contribution is -2.33. The van der Waals surface area contributed by atoms with Gasteiger partial charge in [-0.15, -0.1) is 0 Å². The summed E-state index contributed by atoms with van der Waals surface area (Å²) in [6.07, 6.45) is 61.8. The molecule has 0 heterocycles. The number of hydrogen-bond acceptors (Lipinski definition) is 4. The van der Waals surface area contributed by atoms with Crippen molar-refractivity contribution in [2.75, 3.05) is 66.5 Å². The SMILES string of the molecule is CCCCCCCCCCN(CCCCCCCCCC)C(=O)CCCCCCCCCN(CCCCCCCCCC(=O)N(CCCCCCCCCC)CCCCCCCCCC)CCN(C)C. The van der Waals surface area contributed by atoms with Gasteiger partial charge in [0, 0.05) is 52.1 Å². The van der Waals surface area contributed by atoms with Gasteiger partial charge in [-0.1, -0.05) is 272 Å². The zero-order chi connectivity index (χ0) is 51.1. The second-order valence-electron chi connectivity index (χ2n) is 22.8. The number of carbonyl (C=O) groups is 2. The molecule has 0 aliphatic heterocycles. The summed E-state index contributed by atoms with van der Waals surface area (Å²) in [5, 5.41) is 0. The minimum atomic E-state index is 0.433. The number of amides is 2. The van der Waals surface area contributed by atoms with Crippen molar-refractivity contribution >= 4 is 11.8 Å². The third-order valence-corrected chi connectivity index (χ3v) is 15.4. The van der Waals surface area contributed by atoms with E-state index in [1.807, 2.05) is 0 Å². The zero-order valence-corrected chi connectivity index (χ0v) is 49.2. The average molecular weight is 988 g/mol. The number of rotatable bonds is 59. The molecule has 0 aromatic carbocycles. The van der Waals surface area contributed by atoms with Crippen molar-refractivity contribution < 1.29 is 9.59 Å². The molecule has 0 aliphatic carbocycles. The van der Waals surface area contributed by atoms with E-state index in [2.05, 4.69) is 61.4 Å². The van der Waals surface area contributed by atoms with Crippen molar-refractivity contribution in [1.29, 1.82) is 0 Å². The van der Waals surface area contributed by atoms with Crippen LogP contribution < -0.4 is 0 Å². The van der Waals surface area contributed by atoms with Gasteiger partial charge in [0.15, 0.2) is 0 Å². The molecule has 0 radical (unpaired) electrons. The van der Waals surface area contributed by atoms with E-state index in [4.69, 9.17) is 0 Å². The normalized spacial score (nSPS) is 11.7. The first-order valence-electron chi connectivity index (χ1n) is 32.3. The van der Waals surface area contributed by atoms with Crippen LogP contribution in [0.5, 0.6) is 0 Å². The van der Waals surface area contributed by atoms with Crippen LogP contribution in [0.15, 0.2) is 0 Å². The molecule has 0 unspecified atom stereocenters. The van der Waals surface area contributed by atoms with Crippen molar-refractivity contribution in [2.24, 2.45) is 0 Å². The minimum absolute atomic E-state index is 0.433. The summed E-state index contributed by atoms with van der Waals surface area (Å²) in [6.45, 7) is 17.9. The molecule has 0 rings (SSSR count). The van der Waals surface area contributed by atoms with Crippen LogP contribution in [-0.4, -0.2) is 97.9 Å². The smallest absolute Gasteiger partial charge is 0.222 e. The summed E-state index contributed by atoms with van der Waals surface area (Å²) in [5.74, 6) is 0.865. The monoisotopic (exact) mass is 987 g/mol. The van der Waals surface area contributed by atoms with Crippen molar-refractivity contribution in [3.63, 3.8) is 0 Å². The zero-order valence-electron chi connectivity index (χ0n) is 49.2. The predicted octanol–water partition coefficient (Wildman–Crippen LogP) is 19.3. The fourth-order valence-electron chi connectivity index (χ4n) is 10.5. The first-order chi connectivity index (χ1) is 34.4. The molecule has 0 spiro atoms. The van der Waals surface area contributed by atoms with E-state index in [0.717, 1.165) is 58.4 Å². The van der Waals surface area contributed by atoms with Crippen LogP contribution in [0.3, 0.4) is 0 Å².